The molecule has 0 aliphatic carbocycles. The molecule has 33 heavy (non-hydrogen) atoms. The number of hydrogen-bond donors (Lipinski definition) is 3. The van der Waals surface area contributed by atoms with Crippen molar-refractivity contribution in [3.63, 3.8) is 0 Å². The SMILES string of the molecule is CCC(C1CCCN1)N(c1cccc(OCF)c1)c1nc(N)nc(NCC2CCOCC2)n1. The fourth-order valence-corrected chi connectivity index (χ4v) is 4.68. The zero-order valence-corrected chi connectivity index (χ0v) is 19.2. The average Bonchev–Trinajstić information content (AvgIpc) is 3.36. The number of aromatic nitrogens is 3. The fourth-order valence-electron chi connectivity index (χ4n) is 4.68. The summed E-state index contributed by atoms with van der Waals surface area (Å²) in [5.74, 6) is 2.05. The van der Waals surface area contributed by atoms with E-state index < -0.39 is 6.86 Å². The molecule has 2 fully saturated rings. The first-order valence-corrected chi connectivity index (χ1v) is 11.8. The molecule has 0 bridgehead atoms. The molecule has 2 aliphatic heterocycles. The smallest absolute Gasteiger partial charge is 0.236 e. The molecule has 9 nitrogen and oxygen atoms in total. The average molecular weight is 460 g/mol. The number of halogens is 1. The van der Waals surface area contributed by atoms with Crippen molar-refractivity contribution in [2.75, 3.05) is 49.1 Å². The van der Waals surface area contributed by atoms with Crippen LogP contribution in [0.5, 0.6) is 5.75 Å². The first-order chi connectivity index (χ1) is 16.2. The van der Waals surface area contributed by atoms with Gasteiger partial charge < -0.3 is 30.7 Å². The molecule has 4 rings (SSSR count). The Balaban J connectivity index is 1.65. The van der Waals surface area contributed by atoms with Crippen LogP contribution in [0.15, 0.2) is 24.3 Å². The van der Waals surface area contributed by atoms with Crippen LogP contribution in [0.25, 0.3) is 0 Å². The Bertz CT molecular complexity index is 891. The van der Waals surface area contributed by atoms with E-state index in [0.29, 0.717) is 23.6 Å². The molecule has 3 heterocycles. The van der Waals surface area contributed by atoms with Crippen LogP contribution in [-0.4, -0.2) is 60.2 Å². The molecule has 1 aromatic carbocycles. The summed E-state index contributed by atoms with van der Waals surface area (Å²) in [4.78, 5) is 15.6. The van der Waals surface area contributed by atoms with E-state index in [1.807, 2.05) is 18.2 Å². The summed E-state index contributed by atoms with van der Waals surface area (Å²) < 4.78 is 23.4. The van der Waals surface area contributed by atoms with E-state index in [-0.39, 0.29) is 18.0 Å². The second-order valence-corrected chi connectivity index (χ2v) is 8.55. The van der Waals surface area contributed by atoms with E-state index >= 15 is 0 Å². The van der Waals surface area contributed by atoms with Crippen LogP contribution in [0, 0.1) is 5.92 Å². The standard InChI is InChI=1S/C23H34FN7O2/c1-2-20(19-7-4-10-26-19)31(17-5-3-6-18(13-17)33-15-24)23-29-21(25)28-22(30-23)27-14-16-8-11-32-12-9-16/h3,5-6,13,16,19-20,26H,2,4,7-12,14-15H2,1H3,(H3,25,27,28,29,30). The molecule has 2 aromatic rings. The van der Waals surface area contributed by atoms with E-state index in [0.717, 1.165) is 64.1 Å². The van der Waals surface area contributed by atoms with E-state index in [1.165, 1.54) is 0 Å². The van der Waals surface area contributed by atoms with Crippen molar-refractivity contribution in [1.82, 2.24) is 20.3 Å². The van der Waals surface area contributed by atoms with Crippen molar-refractivity contribution in [2.24, 2.45) is 5.92 Å². The third-order valence-corrected chi connectivity index (χ3v) is 6.38. The van der Waals surface area contributed by atoms with Crippen molar-refractivity contribution >= 4 is 23.5 Å². The fraction of sp³-hybridized carbons (Fsp3) is 0.609. The van der Waals surface area contributed by atoms with Gasteiger partial charge in [-0.3, -0.25) is 0 Å². The van der Waals surface area contributed by atoms with Crippen LogP contribution in [0.3, 0.4) is 0 Å². The van der Waals surface area contributed by atoms with Gasteiger partial charge in [0.25, 0.3) is 0 Å². The Kier molecular flexibility index (Phi) is 8.11. The minimum Gasteiger partial charge on any atom is -0.463 e. The lowest BCUT2D eigenvalue weighted by atomic mass is 10.0. The molecular formula is C23H34FN7O2. The number of rotatable bonds is 10. The largest absolute Gasteiger partial charge is 0.463 e. The van der Waals surface area contributed by atoms with Gasteiger partial charge in [0.05, 0.1) is 6.04 Å². The maximum Gasteiger partial charge on any atom is 0.236 e. The zero-order valence-electron chi connectivity index (χ0n) is 19.2. The third kappa shape index (κ3) is 6.00. The monoisotopic (exact) mass is 459 g/mol. The van der Waals surface area contributed by atoms with Gasteiger partial charge in [0, 0.05) is 37.6 Å². The van der Waals surface area contributed by atoms with Gasteiger partial charge in [-0.2, -0.15) is 15.0 Å². The Labute approximate surface area is 194 Å². The number of nitrogen functional groups attached to an aromatic ring is 1. The Morgan fingerprint density at radius 1 is 1.27 bits per heavy atom. The predicted octanol–water partition coefficient (Wildman–Crippen LogP) is 3.27. The molecular weight excluding hydrogens is 425 g/mol. The van der Waals surface area contributed by atoms with Gasteiger partial charge in [0.1, 0.15) is 5.75 Å². The highest BCUT2D eigenvalue weighted by Crippen LogP contribution is 2.33. The summed E-state index contributed by atoms with van der Waals surface area (Å²) in [7, 11) is 0. The molecule has 4 N–H and O–H groups in total. The summed E-state index contributed by atoms with van der Waals surface area (Å²) in [6.45, 7) is 4.58. The highest BCUT2D eigenvalue weighted by atomic mass is 19.1. The number of ether oxygens (including phenoxy) is 2. The molecule has 2 unspecified atom stereocenters. The van der Waals surface area contributed by atoms with Crippen LogP contribution in [0.2, 0.25) is 0 Å². The molecule has 0 amide bonds. The maximum absolute atomic E-state index is 12.8. The lowest BCUT2D eigenvalue weighted by molar-refractivity contribution is 0.0699. The number of anilines is 4. The quantitative estimate of drug-likeness (QED) is 0.493. The number of nitrogens with two attached hydrogens (primary N) is 1. The summed E-state index contributed by atoms with van der Waals surface area (Å²) in [5, 5.41) is 6.95. The number of nitrogens with one attached hydrogen (secondary N) is 2. The molecule has 10 heteroatoms. The van der Waals surface area contributed by atoms with E-state index in [9.17, 15) is 4.39 Å². The highest BCUT2D eigenvalue weighted by molar-refractivity contribution is 5.62. The van der Waals surface area contributed by atoms with Crippen LogP contribution >= 0.6 is 0 Å². The molecule has 1 aromatic heterocycles. The van der Waals surface area contributed by atoms with Gasteiger partial charge in [-0.15, -0.1) is 0 Å². The van der Waals surface area contributed by atoms with Crippen molar-refractivity contribution in [2.45, 2.75) is 51.1 Å². The van der Waals surface area contributed by atoms with E-state index in [1.54, 1.807) is 6.07 Å². The second kappa shape index (κ2) is 11.4. The van der Waals surface area contributed by atoms with Gasteiger partial charge in [-0.1, -0.05) is 13.0 Å². The topological polar surface area (TPSA) is 110 Å². The van der Waals surface area contributed by atoms with Crippen molar-refractivity contribution in [1.29, 1.82) is 0 Å². The summed E-state index contributed by atoms with van der Waals surface area (Å²) in [5.41, 5.74) is 6.94. The van der Waals surface area contributed by atoms with E-state index in [2.05, 4.69) is 32.4 Å². The molecule has 0 saturated carbocycles. The highest BCUT2D eigenvalue weighted by Gasteiger charge is 2.32. The molecule has 0 radical (unpaired) electrons. The Morgan fingerprint density at radius 2 is 2.12 bits per heavy atom. The lowest BCUT2D eigenvalue weighted by Gasteiger charge is -2.35. The van der Waals surface area contributed by atoms with Gasteiger partial charge in [-0.25, -0.2) is 4.39 Å². The Hall–Kier alpha value is -2.72. The number of hydrogen-bond acceptors (Lipinski definition) is 9. The first kappa shape index (κ1) is 23.4. The van der Waals surface area contributed by atoms with Gasteiger partial charge in [0.15, 0.2) is 0 Å². The van der Waals surface area contributed by atoms with Crippen LogP contribution < -0.4 is 26.0 Å². The van der Waals surface area contributed by atoms with Crippen molar-refractivity contribution in [3.05, 3.63) is 24.3 Å². The van der Waals surface area contributed by atoms with Crippen LogP contribution in [-0.2, 0) is 4.74 Å². The molecule has 0 spiro atoms. The number of nitrogens with zero attached hydrogens (tertiary/aromatic N) is 4. The summed E-state index contributed by atoms with van der Waals surface area (Å²) in [6.07, 6.45) is 5.07. The van der Waals surface area contributed by atoms with Gasteiger partial charge in [0.2, 0.25) is 24.7 Å². The van der Waals surface area contributed by atoms with E-state index in [4.69, 9.17) is 20.2 Å². The minimum atomic E-state index is -0.885. The second-order valence-electron chi connectivity index (χ2n) is 8.55. The van der Waals surface area contributed by atoms with Crippen LogP contribution in [0.4, 0.5) is 27.9 Å². The molecule has 2 aliphatic rings. The third-order valence-electron chi connectivity index (χ3n) is 6.38. The minimum absolute atomic E-state index is 0.0817. The summed E-state index contributed by atoms with van der Waals surface area (Å²) in [6, 6.07) is 7.70. The van der Waals surface area contributed by atoms with Gasteiger partial charge >= 0.3 is 0 Å². The normalized spacial score (nSPS) is 19.9. The maximum atomic E-state index is 12.8. The van der Waals surface area contributed by atoms with Crippen molar-refractivity contribution in [3.8, 4) is 5.75 Å². The molecule has 2 saturated heterocycles. The molecule has 2 atom stereocenters. The number of benzene rings is 1. The van der Waals surface area contributed by atoms with Crippen molar-refractivity contribution < 1.29 is 13.9 Å². The first-order valence-electron chi connectivity index (χ1n) is 11.8. The number of alkyl halides is 1. The van der Waals surface area contributed by atoms with Gasteiger partial charge in [-0.05, 0) is 56.7 Å². The molecule has 180 valence electrons. The van der Waals surface area contributed by atoms with Crippen LogP contribution in [0.1, 0.15) is 39.0 Å². The zero-order chi connectivity index (χ0) is 23.0. The summed E-state index contributed by atoms with van der Waals surface area (Å²) >= 11 is 0. The predicted molar refractivity (Wildman–Crippen MR) is 127 cm³/mol. The Morgan fingerprint density at radius 3 is 2.85 bits per heavy atom. The lowest BCUT2D eigenvalue weighted by Crippen LogP contribution is -2.46.